The van der Waals surface area contributed by atoms with Crippen LogP contribution in [0, 0.1) is 0 Å². The predicted molar refractivity (Wildman–Crippen MR) is 59.4 cm³/mol. The number of nitrogens with zero attached hydrogens (tertiary/aromatic N) is 2. The first-order valence-electron chi connectivity index (χ1n) is 5.10. The molecule has 0 aliphatic carbocycles. The summed E-state index contributed by atoms with van der Waals surface area (Å²) in [7, 11) is 1.84. The zero-order valence-electron chi connectivity index (χ0n) is 9.09. The van der Waals surface area contributed by atoms with Gasteiger partial charge in [0.1, 0.15) is 6.17 Å². The molecule has 0 bridgehead atoms. The van der Waals surface area contributed by atoms with E-state index in [9.17, 15) is 0 Å². The predicted octanol–water partition coefficient (Wildman–Crippen LogP) is 0.257. The second kappa shape index (κ2) is 5.47. The fourth-order valence-corrected chi connectivity index (χ4v) is 1.18. The number of guanidine groups is 2. The second-order valence-corrected chi connectivity index (χ2v) is 3.24. The van der Waals surface area contributed by atoms with Gasteiger partial charge in [-0.3, -0.25) is 5.32 Å². The van der Waals surface area contributed by atoms with Crippen LogP contribution in [0.4, 0.5) is 0 Å². The van der Waals surface area contributed by atoms with Gasteiger partial charge in [-0.1, -0.05) is 13.3 Å². The highest BCUT2D eigenvalue weighted by Gasteiger charge is 2.10. The Balaban J connectivity index is 2.39. The minimum absolute atomic E-state index is 0.0113. The van der Waals surface area contributed by atoms with E-state index >= 15 is 0 Å². The molecule has 3 N–H and O–H groups in total. The van der Waals surface area contributed by atoms with E-state index in [0.717, 1.165) is 24.9 Å². The number of rotatable bonds is 3. The van der Waals surface area contributed by atoms with Crippen LogP contribution in [-0.4, -0.2) is 31.7 Å². The smallest absolute Gasteiger partial charge is 0.200 e. The highest BCUT2D eigenvalue weighted by molar-refractivity contribution is 5.99. The van der Waals surface area contributed by atoms with E-state index in [0.29, 0.717) is 0 Å². The summed E-state index contributed by atoms with van der Waals surface area (Å²) in [6, 6.07) is 0. The van der Waals surface area contributed by atoms with Crippen LogP contribution in [0.3, 0.4) is 0 Å². The van der Waals surface area contributed by atoms with E-state index in [2.05, 4.69) is 32.9 Å². The molecule has 0 saturated heterocycles. The SMILES string of the molecule is CCCCNC1=NC(C)N=C(NC)N1. The normalized spacial score (nSPS) is 20.6. The third kappa shape index (κ3) is 3.24. The first kappa shape index (κ1) is 10.8. The van der Waals surface area contributed by atoms with Crippen LogP contribution in [0.2, 0.25) is 0 Å². The lowest BCUT2D eigenvalue weighted by Crippen LogP contribution is -2.49. The summed E-state index contributed by atoms with van der Waals surface area (Å²) in [4.78, 5) is 8.57. The lowest BCUT2D eigenvalue weighted by atomic mass is 10.3. The van der Waals surface area contributed by atoms with Crippen molar-refractivity contribution in [3.8, 4) is 0 Å². The van der Waals surface area contributed by atoms with Gasteiger partial charge in [-0.2, -0.15) is 0 Å². The zero-order valence-corrected chi connectivity index (χ0v) is 9.09. The molecule has 14 heavy (non-hydrogen) atoms. The third-order valence-electron chi connectivity index (χ3n) is 1.93. The van der Waals surface area contributed by atoms with Gasteiger partial charge in [0.05, 0.1) is 0 Å². The molecule has 1 rings (SSSR count). The molecule has 0 spiro atoms. The molecule has 0 radical (unpaired) electrons. The summed E-state index contributed by atoms with van der Waals surface area (Å²) in [5.41, 5.74) is 0. The Morgan fingerprint density at radius 3 is 2.71 bits per heavy atom. The lowest BCUT2D eigenvalue weighted by molar-refractivity contribution is 0.705. The number of hydrogen-bond donors (Lipinski definition) is 3. The van der Waals surface area contributed by atoms with Crippen LogP contribution < -0.4 is 16.0 Å². The highest BCUT2D eigenvalue weighted by atomic mass is 15.3. The molecule has 1 unspecified atom stereocenters. The molecule has 0 aromatic heterocycles. The van der Waals surface area contributed by atoms with E-state index in [4.69, 9.17) is 0 Å². The molecule has 0 aromatic rings. The summed E-state index contributed by atoms with van der Waals surface area (Å²) in [5.74, 6) is 1.58. The summed E-state index contributed by atoms with van der Waals surface area (Å²) in [6.07, 6.45) is 2.33. The Hall–Kier alpha value is -1.26. The molecule has 0 fully saturated rings. The van der Waals surface area contributed by atoms with Gasteiger partial charge in [-0.05, 0) is 13.3 Å². The fraction of sp³-hybridized carbons (Fsp3) is 0.778. The van der Waals surface area contributed by atoms with Crippen LogP contribution in [-0.2, 0) is 0 Å². The first-order chi connectivity index (χ1) is 6.76. The van der Waals surface area contributed by atoms with Crippen molar-refractivity contribution in [1.82, 2.24) is 16.0 Å². The summed E-state index contributed by atoms with van der Waals surface area (Å²) >= 11 is 0. The van der Waals surface area contributed by atoms with Crippen molar-refractivity contribution in [1.29, 1.82) is 0 Å². The van der Waals surface area contributed by atoms with Gasteiger partial charge in [0, 0.05) is 13.6 Å². The maximum Gasteiger partial charge on any atom is 0.200 e. The van der Waals surface area contributed by atoms with Gasteiger partial charge < -0.3 is 10.6 Å². The number of aliphatic imine (C=N–C) groups is 2. The topological polar surface area (TPSA) is 60.8 Å². The maximum absolute atomic E-state index is 4.32. The Labute approximate surface area is 85.1 Å². The van der Waals surface area contributed by atoms with Gasteiger partial charge in [-0.15, -0.1) is 0 Å². The molecule has 5 heteroatoms. The Morgan fingerprint density at radius 1 is 1.36 bits per heavy atom. The molecule has 1 aliphatic heterocycles. The summed E-state index contributed by atoms with van der Waals surface area (Å²) in [5, 5.41) is 9.28. The molecule has 1 atom stereocenters. The van der Waals surface area contributed by atoms with E-state index in [-0.39, 0.29) is 6.17 Å². The van der Waals surface area contributed by atoms with Crippen molar-refractivity contribution in [3.05, 3.63) is 0 Å². The van der Waals surface area contributed by atoms with E-state index < -0.39 is 0 Å². The van der Waals surface area contributed by atoms with Crippen molar-refractivity contribution < 1.29 is 0 Å². The molecule has 0 amide bonds. The van der Waals surface area contributed by atoms with Crippen LogP contribution in [0.25, 0.3) is 0 Å². The van der Waals surface area contributed by atoms with E-state index in [1.807, 2.05) is 14.0 Å². The molecule has 1 aliphatic rings. The third-order valence-corrected chi connectivity index (χ3v) is 1.93. The first-order valence-corrected chi connectivity index (χ1v) is 5.10. The average Bonchev–Trinajstić information content (AvgIpc) is 2.17. The summed E-state index contributed by atoms with van der Waals surface area (Å²) < 4.78 is 0. The second-order valence-electron chi connectivity index (χ2n) is 3.24. The van der Waals surface area contributed by atoms with Gasteiger partial charge in [-0.25, -0.2) is 9.98 Å². The lowest BCUT2D eigenvalue weighted by Gasteiger charge is -2.19. The van der Waals surface area contributed by atoms with E-state index in [1.54, 1.807) is 0 Å². The summed E-state index contributed by atoms with van der Waals surface area (Å²) in [6.45, 7) is 5.08. The van der Waals surface area contributed by atoms with E-state index in [1.165, 1.54) is 6.42 Å². The molecular formula is C9H19N5. The van der Waals surface area contributed by atoms with Crippen LogP contribution in [0.15, 0.2) is 9.98 Å². The molecule has 5 nitrogen and oxygen atoms in total. The largest absolute Gasteiger partial charge is 0.359 e. The van der Waals surface area contributed by atoms with Crippen LogP contribution >= 0.6 is 0 Å². The number of hydrogen-bond acceptors (Lipinski definition) is 5. The number of unbranched alkanes of at least 4 members (excludes halogenated alkanes) is 1. The van der Waals surface area contributed by atoms with Gasteiger partial charge in [0.25, 0.3) is 0 Å². The van der Waals surface area contributed by atoms with Gasteiger partial charge in [0.2, 0.25) is 0 Å². The molecule has 0 saturated carbocycles. The molecule has 80 valence electrons. The van der Waals surface area contributed by atoms with Crippen molar-refractivity contribution in [2.24, 2.45) is 9.98 Å². The molecular weight excluding hydrogens is 178 g/mol. The standard InChI is InChI=1S/C9H19N5/c1-4-5-6-11-9-13-7(2)12-8(10-3)14-9/h7H,4-6H2,1-3H3,(H3,10,11,12,13,14). The number of nitrogens with one attached hydrogen (secondary N) is 3. The molecule has 1 heterocycles. The minimum atomic E-state index is -0.0113. The highest BCUT2D eigenvalue weighted by Crippen LogP contribution is 1.96. The van der Waals surface area contributed by atoms with Gasteiger partial charge in [0.15, 0.2) is 11.9 Å². The Kier molecular flexibility index (Phi) is 4.22. The Morgan fingerprint density at radius 2 is 2.07 bits per heavy atom. The average molecular weight is 197 g/mol. The van der Waals surface area contributed by atoms with Crippen molar-refractivity contribution in [2.45, 2.75) is 32.9 Å². The zero-order chi connectivity index (χ0) is 10.4. The van der Waals surface area contributed by atoms with Crippen LogP contribution in [0.5, 0.6) is 0 Å². The fourth-order valence-electron chi connectivity index (χ4n) is 1.18. The maximum atomic E-state index is 4.32. The minimum Gasteiger partial charge on any atom is -0.359 e. The quantitative estimate of drug-likeness (QED) is 0.569. The van der Waals surface area contributed by atoms with Crippen molar-refractivity contribution in [2.75, 3.05) is 13.6 Å². The van der Waals surface area contributed by atoms with Crippen molar-refractivity contribution in [3.63, 3.8) is 0 Å². The Bertz CT molecular complexity index is 233. The monoisotopic (exact) mass is 197 g/mol. The van der Waals surface area contributed by atoms with Crippen molar-refractivity contribution >= 4 is 11.9 Å². The van der Waals surface area contributed by atoms with Crippen LogP contribution in [0.1, 0.15) is 26.7 Å². The molecule has 0 aromatic carbocycles. The van der Waals surface area contributed by atoms with Gasteiger partial charge >= 0.3 is 0 Å².